The van der Waals surface area contributed by atoms with Gasteiger partial charge in [-0.1, -0.05) is 137 Å². The molecule has 224 valence electrons. The molecule has 0 bridgehead atoms. The summed E-state index contributed by atoms with van der Waals surface area (Å²) in [6, 6.07) is 38.6. The van der Waals surface area contributed by atoms with Crippen molar-refractivity contribution in [2.24, 2.45) is 5.73 Å². The van der Waals surface area contributed by atoms with Crippen LogP contribution in [0.25, 0.3) is 10.8 Å². The number of rotatable bonds is 9. The zero-order chi connectivity index (χ0) is 31.7. The van der Waals surface area contributed by atoms with Crippen LogP contribution in [-0.4, -0.2) is 21.2 Å². The molecule has 0 saturated heterocycles. The summed E-state index contributed by atoms with van der Waals surface area (Å²) in [6.45, 7) is 8.24. The molecule has 0 atom stereocenters. The Hall–Kier alpha value is -5.29. The molecule has 0 fully saturated rings. The number of ketones is 1. The number of nitrogens with two attached hydrogens (primary N) is 1. The number of carbonyl (C=O) groups is 2. The fourth-order valence-electron chi connectivity index (χ4n) is 6.69. The first kappa shape index (κ1) is 29.8. The van der Waals surface area contributed by atoms with Crippen molar-refractivity contribution in [3.63, 3.8) is 0 Å². The highest BCUT2D eigenvalue weighted by atomic mass is 16.1. The fraction of sp³-hybridized carbons (Fsp3) is 0.175. The lowest BCUT2D eigenvalue weighted by molar-refractivity contribution is 0.0996. The molecule has 0 aliphatic rings. The SMILES string of the molecule is CC(C)c1cc2cc(C(=O)c3cn(C(c4ccccc4)(c4ccccc4)c4ccccc4)cn3)ccc2c(C(C)C)c1C(N)=O. The largest absolute Gasteiger partial charge is 0.366 e. The monoisotopic (exact) mass is 591 g/mol. The van der Waals surface area contributed by atoms with Gasteiger partial charge in [0, 0.05) is 17.3 Å². The van der Waals surface area contributed by atoms with E-state index in [1.54, 1.807) is 6.33 Å². The molecule has 1 amide bonds. The van der Waals surface area contributed by atoms with Crippen LogP contribution in [0.1, 0.15) is 93.8 Å². The molecule has 1 aromatic heterocycles. The Bertz CT molecular complexity index is 1900. The van der Waals surface area contributed by atoms with E-state index < -0.39 is 11.4 Å². The van der Waals surface area contributed by atoms with Gasteiger partial charge >= 0.3 is 0 Å². The van der Waals surface area contributed by atoms with Gasteiger partial charge in [0.05, 0.1) is 6.33 Å². The van der Waals surface area contributed by atoms with Crippen molar-refractivity contribution in [2.45, 2.75) is 45.1 Å². The van der Waals surface area contributed by atoms with Crippen LogP contribution < -0.4 is 5.73 Å². The Morgan fingerprint density at radius 3 is 1.71 bits per heavy atom. The number of aromatic nitrogens is 2. The predicted molar refractivity (Wildman–Crippen MR) is 181 cm³/mol. The fourth-order valence-corrected chi connectivity index (χ4v) is 6.69. The quantitative estimate of drug-likeness (QED) is 0.135. The molecule has 0 unspecified atom stereocenters. The molecule has 6 rings (SSSR count). The molecule has 0 saturated carbocycles. The second-order valence-corrected chi connectivity index (χ2v) is 12.2. The van der Waals surface area contributed by atoms with Crippen LogP contribution in [0.4, 0.5) is 0 Å². The number of imidazole rings is 1. The lowest BCUT2D eigenvalue weighted by Gasteiger charge is -2.37. The third-order valence-corrected chi connectivity index (χ3v) is 8.70. The molecule has 5 heteroatoms. The summed E-state index contributed by atoms with van der Waals surface area (Å²) in [5.41, 5.74) is 11.6. The average Bonchev–Trinajstić information content (AvgIpc) is 3.55. The lowest BCUT2D eigenvalue weighted by atomic mass is 9.77. The van der Waals surface area contributed by atoms with Crippen molar-refractivity contribution in [1.82, 2.24) is 9.55 Å². The molecule has 0 radical (unpaired) electrons. The van der Waals surface area contributed by atoms with Gasteiger partial charge in [-0.05, 0) is 56.5 Å². The van der Waals surface area contributed by atoms with Crippen LogP contribution in [0.15, 0.2) is 128 Å². The van der Waals surface area contributed by atoms with Gasteiger partial charge in [-0.2, -0.15) is 0 Å². The number of hydrogen-bond acceptors (Lipinski definition) is 3. The number of carbonyl (C=O) groups excluding carboxylic acids is 2. The Labute approximate surface area is 264 Å². The van der Waals surface area contributed by atoms with Gasteiger partial charge in [0.1, 0.15) is 11.2 Å². The molecular formula is C40H37N3O2. The zero-order valence-electron chi connectivity index (χ0n) is 26.1. The van der Waals surface area contributed by atoms with Crippen molar-refractivity contribution in [3.05, 3.63) is 172 Å². The van der Waals surface area contributed by atoms with E-state index in [1.807, 2.05) is 89.6 Å². The van der Waals surface area contributed by atoms with E-state index in [4.69, 9.17) is 10.7 Å². The summed E-state index contributed by atoms with van der Waals surface area (Å²) in [5.74, 6) is -0.428. The first-order chi connectivity index (χ1) is 21.7. The molecule has 6 aromatic rings. The Morgan fingerprint density at radius 2 is 1.24 bits per heavy atom. The van der Waals surface area contributed by atoms with Gasteiger partial charge in [-0.15, -0.1) is 0 Å². The smallest absolute Gasteiger partial charge is 0.249 e. The van der Waals surface area contributed by atoms with Gasteiger partial charge in [0.25, 0.3) is 0 Å². The van der Waals surface area contributed by atoms with Crippen LogP contribution >= 0.6 is 0 Å². The number of amides is 1. The summed E-state index contributed by atoms with van der Waals surface area (Å²) in [5, 5.41) is 1.84. The highest BCUT2D eigenvalue weighted by molar-refractivity contribution is 6.10. The molecule has 0 aliphatic heterocycles. The summed E-state index contributed by atoms with van der Waals surface area (Å²) < 4.78 is 2.05. The Kier molecular flexibility index (Phi) is 7.94. The minimum atomic E-state index is -0.762. The van der Waals surface area contributed by atoms with E-state index in [2.05, 4.69) is 64.1 Å². The Balaban J connectivity index is 1.52. The number of primary amides is 1. The maximum atomic E-state index is 14.1. The van der Waals surface area contributed by atoms with Crippen molar-refractivity contribution in [1.29, 1.82) is 0 Å². The van der Waals surface area contributed by atoms with E-state index >= 15 is 0 Å². The molecule has 5 aromatic carbocycles. The Morgan fingerprint density at radius 1 is 0.711 bits per heavy atom. The molecule has 0 spiro atoms. The highest BCUT2D eigenvalue weighted by Crippen LogP contribution is 2.41. The average molecular weight is 592 g/mol. The van der Waals surface area contributed by atoms with Crippen LogP contribution in [0.2, 0.25) is 0 Å². The number of hydrogen-bond donors (Lipinski definition) is 1. The number of benzene rings is 5. The van der Waals surface area contributed by atoms with Gasteiger partial charge in [-0.25, -0.2) is 4.98 Å². The summed E-state index contributed by atoms with van der Waals surface area (Å²) in [7, 11) is 0. The van der Waals surface area contributed by atoms with Crippen molar-refractivity contribution >= 4 is 22.5 Å². The topological polar surface area (TPSA) is 78.0 Å². The second kappa shape index (κ2) is 12.0. The lowest BCUT2D eigenvalue weighted by Crippen LogP contribution is -2.37. The molecule has 1 heterocycles. The van der Waals surface area contributed by atoms with E-state index in [9.17, 15) is 9.59 Å². The summed E-state index contributed by atoms with van der Waals surface area (Å²) >= 11 is 0. The maximum absolute atomic E-state index is 14.1. The molecule has 2 N–H and O–H groups in total. The highest BCUT2D eigenvalue weighted by Gasteiger charge is 2.38. The third-order valence-electron chi connectivity index (χ3n) is 8.70. The first-order valence-corrected chi connectivity index (χ1v) is 15.4. The van der Waals surface area contributed by atoms with Crippen molar-refractivity contribution < 1.29 is 9.59 Å². The normalized spacial score (nSPS) is 11.8. The van der Waals surface area contributed by atoms with E-state index in [-0.39, 0.29) is 17.6 Å². The maximum Gasteiger partial charge on any atom is 0.249 e. The van der Waals surface area contributed by atoms with Crippen molar-refractivity contribution in [3.8, 4) is 0 Å². The van der Waals surface area contributed by atoms with E-state index in [0.717, 1.165) is 38.6 Å². The first-order valence-electron chi connectivity index (χ1n) is 15.4. The van der Waals surface area contributed by atoms with Crippen LogP contribution in [-0.2, 0) is 5.54 Å². The predicted octanol–water partition coefficient (Wildman–Crippen LogP) is 8.45. The standard InChI is InChI=1S/C40H37N3O2/c1-26(2)34-23-29-22-28(20-21-33(29)36(27(3)4)37(34)39(41)45)38(44)35-24-43(25-42-35)40(30-14-8-5-9-15-30,31-16-10-6-11-17-31)32-18-12-7-13-19-32/h5-27H,1-4H3,(H2,41,45). The summed E-state index contributed by atoms with van der Waals surface area (Å²) in [6.07, 6.45) is 3.61. The molecule has 0 aliphatic carbocycles. The van der Waals surface area contributed by atoms with Crippen molar-refractivity contribution in [2.75, 3.05) is 0 Å². The van der Waals surface area contributed by atoms with Gasteiger partial charge in [-0.3, -0.25) is 9.59 Å². The van der Waals surface area contributed by atoms with E-state index in [1.165, 1.54) is 0 Å². The molecular weight excluding hydrogens is 554 g/mol. The number of nitrogens with zero attached hydrogens (tertiary/aromatic N) is 2. The van der Waals surface area contributed by atoms with E-state index in [0.29, 0.717) is 16.8 Å². The third kappa shape index (κ3) is 5.14. The zero-order valence-corrected chi connectivity index (χ0v) is 26.1. The summed E-state index contributed by atoms with van der Waals surface area (Å²) in [4.78, 5) is 31.4. The second-order valence-electron chi connectivity index (χ2n) is 12.2. The van der Waals surface area contributed by atoms with Crippen LogP contribution in [0, 0.1) is 0 Å². The van der Waals surface area contributed by atoms with Crippen LogP contribution in [0.5, 0.6) is 0 Å². The van der Waals surface area contributed by atoms with Gasteiger partial charge in [0.2, 0.25) is 11.7 Å². The number of fused-ring (bicyclic) bond motifs is 1. The van der Waals surface area contributed by atoms with Crippen LogP contribution in [0.3, 0.4) is 0 Å². The minimum Gasteiger partial charge on any atom is -0.366 e. The molecule has 45 heavy (non-hydrogen) atoms. The molecule has 5 nitrogen and oxygen atoms in total. The minimum absolute atomic E-state index is 0.0769. The van der Waals surface area contributed by atoms with Gasteiger partial charge in [0.15, 0.2) is 0 Å². The van der Waals surface area contributed by atoms with Gasteiger partial charge < -0.3 is 10.3 Å².